The van der Waals surface area contributed by atoms with Gasteiger partial charge >= 0.3 is 0 Å². The summed E-state index contributed by atoms with van der Waals surface area (Å²) in [4.78, 5) is 47.5. The second-order valence-electron chi connectivity index (χ2n) is 6.99. The molecule has 2 aromatic rings. The van der Waals surface area contributed by atoms with Crippen molar-refractivity contribution in [2.45, 2.75) is 13.8 Å². The smallest absolute Gasteiger partial charge is 0.261 e. The van der Waals surface area contributed by atoms with E-state index in [9.17, 15) is 19.2 Å². The standard InChI is InChI=1S/2C9H7NO2.C6H10/c2*1-10-8(11)6-4-2-3-5-7(6)9(10)12;1-5(2)6(3)4/h2*2-5H,1H3;1,3H2,2,4H3. The number of imide groups is 2. The maximum Gasteiger partial charge on any atom is 0.261 e. The number of carbonyl (C=O) groups excluding carboxylic acids is 4. The number of amides is 4. The summed E-state index contributed by atoms with van der Waals surface area (Å²) < 4.78 is 0. The van der Waals surface area contributed by atoms with Crippen molar-refractivity contribution in [3.05, 3.63) is 95.1 Å². The highest BCUT2D eigenvalue weighted by atomic mass is 16.2. The summed E-state index contributed by atoms with van der Waals surface area (Å²) in [6.45, 7) is 11.2. The maximum atomic E-state index is 11.3. The lowest BCUT2D eigenvalue weighted by atomic mass is 10.1. The number of nitrogens with zero attached hydrogens (tertiary/aromatic N) is 2. The molecule has 4 amide bonds. The highest BCUT2D eigenvalue weighted by Crippen LogP contribution is 2.21. The molecule has 4 rings (SSSR count). The van der Waals surface area contributed by atoms with E-state index in [0.29, 0.717) is 22.3 Å². The molecule has 154 valence electrons. The van der Waals surface area contributed by atoms with E-state index in [1.165, 1.54) is 14.1 Å². The average molecular weight is 404 g/mol. The van der Waals surface area contributed by atoms with Crippen LogP contribution in [0.1, 0.15) is 55.3 Å². The summed E-state index contributed by atoms with van der Waals surface area (Å²) in [7, 11) is 2.98. The van der Waals surface area contributed by atoms with Gasteiger partial charge in [-0.2, -0.15) is 0 Å². The van der Waals surface area contributed by atoms with Gasteiger partial charge in [-0.25, -0.2) is 0 Å². The van der Waals surface area contributed by atoms with E-state index in [1.54, 1.807) is 48.5 Å². The summed E-state index contributed by atoms with van der Waals surface area (Å²) in [5.41, 5.74) is 4.15. The second-order valence-corrected chi connectivity index (χ2v) is 6.99. The van der Waals surface area contributed by atoms with E-state index in [4.69, 9.17) is 0 Å². The summed E-state index contributed by atoms with van der Waals surface area (Å²) >= 11 is 0. The lowest BCUT2D eigenvalue weighted by Crippen LogP contribution is -2.24. The van der Waals surface area contributed by atoms with Crippen LogP contribution in [-0.4, -0.2) is 47.5 Å². The van der Waals surface area contributed by atoms with Crippen molar-refractivity contribution in [1.82, 2.24) is 9.80 Å². The van der Waals surface area contributed by atoms with E-state index in [0.717, 1.165) is 20.9 Å². The molecule has 0 fully saturated rings. The molecule has 2 heterocycles. The number of allylic oxidation sites excluding steroid dienone is 2. The molecule has 30 heavy (non-hydrogen) atoms. The van der Waals surface area contributed by atoms with Crippen molar-refractivity contribution in [2.75, 3.05) is 14.1 Å². The fourth-order valence-electron chi connectivity index (χ4n) is 2.62. The number of rotatable bonds is 1. The molecule has 0 N–H and O–H groups in total. The molecule has 6 heteroatoms. The van der Waals surface area contributed by atoms with Gasteiger partial charge in [-0.3, -0.25) is 29.0 Å². The van der Waals surface area contributed by atoms with Crippen molar-refractivity contribution < 1.29 is 19.2 Å². The Balaban J connectivity index is 0.000000171. The fraction of sp³-hybridized carbons (Fsp3) is 0.167. The molecule has 0 bridgehead atoms. The zero-order valence-corrected chi connectivity index (χ0v) is 17.6. The van der Waals surface area contributed by atoms with Gasteiger partial charge in [0.05, 0.1) is 22.3 Å². The van der Waals surface area contributed by atoms with Crippen LogP contribution in [0.2, 0.25) is 0 Å². The highest BCUT2D eigenvalue weighted by Gasteiger charge is 2.32. The fourth-order valence-corrected chi connectivity index (χ4v) is 2.62. The van der Waals surface area contributed by atoms with Gasteiger partial charge in [0, 0.05) is 14.1 Å². The van der Waals surface area contributed by atoms with E-state index in [-0.39, 0.29) is 23.6 Å². The van der Waals surface area contributed by atoms with Gasteiger partial charge in [0.1, 0.15) is 0 Å². The van der Waals surface area contributed by atoms with Crippen LogP contribution in [0.3, 0.4) is 0 Å². The zero-order valence-electron chi connectivity index (χ0n) is 17.6. The number of benzene rings is 2. The Morgan fingerprint density at radius 2 is 0.767 bits per heavy atom. The molecular formula is C24H24N2O4. The molecule has 2 aromatic carbocycles. The molecule has 0 saturated carbocycles. The van der Waals surface area contributed by atoms with Gasteiger partial charge in [-0.15, -0.1) is 0 Å². The number of hydrogen-bond acceptors (Lipinski definition) is 4. The SMILES string of the molecule is C=C(C)C(=C)C.CN1C(=O)c2ccccc2C1=O.CN1C(=O)c2ccccc2C1=O. The van der Waals surface area contributed by atoms with Gasteiger partial charge in [0.15, 0.2) is 0 Å². The van der Waals surface area contributed by atoms with E-state index >= 15 is 0 Å². The quantitative estimate of drug-likeness (QED) is 0.533. The average Bonchev–Trinajstić information content (AvgIpc) is 3.10. The highest BCUT2D eigenvalue weighted by molar-refractivity contribution is 6.21. The predicted molar refractivity (Wildman–Crippen MR) is 115 cm³/mol. The van der Waals surface area contributed by atoms with Crippen LogP contribution in [0.5, 0.6) is 0 Å². The molecule has 0 spiro atoms. The minimum absolute atomic E-state index is 0.212. The Hall–Kier alpha value is -3.80. The Kier molecular flexibility index (Phi) is 6.85. The zero-order chi connectivity index (χ0) is 22.6. The number of carbonyl (C=O) groups is 4. The first-order chi connectivity index (χ1) is 14.1. The minimum atomic E-state index is -0.212. The number of hydrogen-bond donors (Lipinski definition) is 0. The van der Waals surface area contributed by atoms with Gasteiger partial charge < -0.3 is 0 Å². The Bertz CT molecular complexity index is 913. The Morgan fingerprint density at radius 3 is 0.933 bits per heavy atom. The third-order valence-corrected chi connectivity index (χ3v) is 4.72. The summed E-state index contributed by atoms with van der Waals surface area (Å²) in [5.74, 6) is -0.850. The van der Waals surface area contributed by atoms with E-state index in [2.05, 4.69) is 13.2 Å². The first-order valence-corrected chi connectivity index (χ1v) is 9.22. The third kappa shape index (κ3) is 4.43. The number of fused-ring (bicyclic) bond motifs is 2. The molecule has 0 radical (unpaired) electrons. The lowest BCUT2D eigenvalue weighted by Gasteiger charge is -2.02. The van der Waals surface area contributed by atoms with Crippen molar-refractivity contribution in [3.63, 3.8) is 0 Å². The molecule has 0 aromatic heterocycles. The maximum absolute atomic E-state index is 11.3. The Morgan fingerprint density at radius 1 is 0.567 bits per heavy atom. The van der Waals surface area contributed by atoms with Crippen LogP contribution < -0.4 is 0 Å². The second kappa shape index (κ2) is 9.13. The van der Waals surface area contributed by atoms with E-state index in [1.807, 2.05) is 13.8 Å². The van der Waals surface area contributed by atoms with Crippen molar-refractivity contribution in [2.24, 2.45) is 0 Å². The molecule has 0 aliphatic carbocycles. The molecule has 0 atom stereocenters. The molecule has 2 aliphatic heterocycles. The topological polar surface area (TPSA) is 74.8 Å². The molecule has 6 nitrogen and oxygen atoms in total. The summed E-state index contributed by atoms with van der Waals surface area (Å²) in [6, 6.07) is 13.7. The van der Waals surface area contributed by atoms with Crippen molar-refractivity contribution in [1.29, 1.82) is 0 Å². The normalized spacial score (nSPS) is 13.7. The Labute approximate surface area is 176 Å². The van der Waals surface area contributed by atoms with Crippen LogP contribution in [0.25, 0.3) is 0 Å². The van der Waals surface area contributed by atoms with Crippen molar-refractivity contribution >= 4 is 23.6 Å². The van der Waals surface area contributed by atoms with Gasteiger partial charge in [0.25, 0.3) is 23.6 Å². The first-order valence-electron chi connectivity index (χ1n) is 9.22. The van der Waals surface area contributed by atoms with E-state index < -0.39 is 0 Å². The van der Waals surface area contributed by atoms with Gasteiger partial charge in [0.2, 0.25) is 0 Å². The van der Waals surface area contributed by atoms with Crippen LogP contribution >= 0.6 is 0 Å². The minimum Gasteiger partial charge on any atom is -0.277 e. The first kappa shape index (κ1) is 22.5. The van der Waals surface area contributed by atoms with Crippen LogP contribution in [0, 0.1) is 0 Å². The summed E-state index contributed by atoms with van der Waals surface area (Å²) in [6.07, 6.45) is 0. The molecular weight excluding hydrogens is 380 g/mol. The predicted octanol–water partition coefficient (Wildman–Crippen LogP) is 3.96. The van der Waals surface area contributed by atoms with Gasteiger partial charge in [-0.05, 0) is 38.1 Å². The molecule has 2 aliphatic rings. The molecule has 0 unspecified atom stereocenters. The van der Waals surface area contributed by atoms with Crippen LogP contribution in [0.15, 0.2) is 72.8 Å². The third-order valence-electron chi connectivity index (χ3n) is 4.72. The monoisotopic (exact) mass is 404 g/mol. The lowest BCUT2D eigenvalue weighted by molar-refractivity contribution is 0.0678. The van der Waals surface area contributed by atoms with Crippen LogP contribution in [-0.2, 0) is 0 Å². The largest absolute Gasteiger partial charge is 0.277 e. The summed E-state index contributed by atoms with van der Waals surface area (Å²) in [5, 5.41) is 0. The van der Waals surface area contributed by atoms with Crippen molar-refractivity contribution in [3.8, 4) is 0 Å². The van der Waals surface area contributed by atoms with Crippen LogP contribution in [0.4, 0.5) is 0 Å². The molecule has 0 saturated heterocycles. The van der Waals surface area contributed by atoms with Gasteiger partial charge in [-0.1, -0.05) is 48.6 Å².